The Morgan fingerprint density at radius 3 is 2.37 bits per heavy atom. The van der Waals surface area contributed by atoms with Crippen molar-refractivity contribution in [2.75, 3.05) is 23.7 Å². The fourth-order valence-corrected chi connectivity index (χ4v) is 5.19. The summed E-state index contributed by atoms with van der Waals surface area (Å²) in [6, 6.07) is 16.2. The standard InChI is InChI=1S/C28H27ClN2O9S/c1-16(2)37-24-14-21-23(15-22(24)31(11-12-32)41(3,35)36)39-26(25(21)27(33)40-28(30)34)17-7-9-19(10-8-17)38-20-6-4-5-18(29)13-20/h4-10,13-16,32H,11-12H2,1-3H3,(H2,30,34). The van der Waals surface area contributed by atoms with E-state index in [2.05, 4.69) is 0 Å². The molecule has 0 radical (unpaired) electrons. The Balaban J connectivity index is 1.88. The summed E-state index contributed by atoms with van der Waals surface area (Å²) in [6.07, 6.45) is -0.717. The van der Waals surface area contributed by atoms with Gasteiger partial charge in [0.2, 0.25) is 10.0 Å². The lowest BCUT2D eigenvalue weighted by Crippen LogP contribution is -2.33. The van der Waals surface area contributed by atoms with Crippen LogP contribution in [0.15, 0.2) is 65.1 Å². The van der Waals surface area contributed by atoms with Crippen molar-refractivity contribution in [1.82, 2.24) is 0 Å². The van der Waals surface area contributed by atoms with Crippen molar-refractivity contribution < 1.29 is 41.7 Å². The van der Waals surface area contributed by atoms with Crippen LogP contribution >= 0.6 is 11.6 Å². The molecule has 0 fully saturated rings. The van der Waals surface area contributed by atoms with Gasteiger partial charge >= 0.3 is 12.1 Å². The first-order valence-electron chi connectivity index (χ1n) is 12.3. The summed E-state index contributed by atoms with van der Waals surface area (Å²) in [5, 5.41) is 10.2. The Morgan fingerprint density at radius 1 is 1.07 bits per heavy atom. The maximum absolute atomic E-state index is 13.1. The molecule has 4 aromatic rings. The molecule has 3 N–H and O–H groups in total. The number of primary amides is 1. The summed E-state index contributed by atoms with van der Waals surface area (Å²) in [7, 11) is -3.85. The van der Waals surface area contributed by atoms with Crippen LogP contribution in [-0.4, -0.2) is 51.1 Å². The number of hydrogen-bond donors (Lipinski definition) is 2. The van der Waals surface area contributed by atoms with Crippen molar-refractivity contribution in [2.24, 2.45) is 5.73 Å². The Kier molecular flexibility index (Phi) is 8.76. The first kappa shape index (κ1) is 29.7. The van der Waals surface area contributed by atoms with Gasteiger partial charge in [-0.25, -0.2) is 18.0 Å². The quantitative estimate of drug-likeness (QED) is 0.181. The molecule has 0 aliphatic heterocycles. The van der Waals surface area contributed by atoms with Crippen LogP contribution in [0, 0.1) is 0 Å². The molecule has 3 aromatic carbocycles. The summed E-state index contributed by atoms with van der Waals surface area (Å²) in [4.78, 5) is 24.5. The molecule has 0 unspecified atom stereocenters. The maximum Gasteiger partial charge on any atom is 0.412 e. The number of carbonyl (C=O) groups excluding carboxylic acids is 2. The van der Waals surface area contributed by atoms with Gasteiger partial charge < -0.3 is 29.5 Å². The average molecular weight is 603 g/mol. The van der Waals surface area contributed by atoms with Crippen molar-refractivity contribution in [3.63, 3.8) is 0 Å². The van der Waals surface area contributed by atoms with Crippen molar-refractivity contribution in [1.29, 1.82) is 0 Å². The third-order valence-corrected chi connectivity index (χ3v) is 7.07. The molecule has 0 atom stereocenters. The minimum Gasteiger partial charge on any atom is -0.489 e. The molecule has 4 rings (SSSR count). The van der Waals surface area contributed by atoms with Crippen molar-refractivity contribution >= 4 is 50.3 Å². The second kappa shape index (κ2) is 12.1. The normalized spacial score (nSPS) is 11.5. The van der Waals surface area contributed by atoms with Gasteiger partial charge in [0, 0.05) is 22.0 Å². The third kappa shape index (κ3) is 6.91. The molecule has 0 aliphatic carbocycles. The first-order chi connectivity index (χ1) is 19.4. The van der Waals surface area contributed by atoms with E-state index in [-0.39, 0.29) is 46.4 Å². The second-order valence-electron chi connectivity index (χ2n) is 9.14. The van der Waals surface area contributed by atoms with Crippen molar-refractivity contribution in [2.45, 2.75) is 20.0 Å². The SMILES string of the molecule is CC(C)Oc1cc2c(C(=O)OC(N)=O)c(-c3ccc(Oc4cccc(Cl)c4)cc3)oc2cc1N(CCO)S(C)(=O)=O. The van der Waals surface area contributed by atoms with E-state index in [1.165, 1.54) is 12.1 Å². The van der Waals surface area contributed by atoms with Gasteiger partial charge in [0.1, 0.15) is 34.2 Å². The number of ether oxygens (including phenoxy) is 3. The summed E-state index contributed by atoms with van der Waals surface area (Å²) in [6.45, 7) is 2.76. The molecule has 1 heterocycles. The Hall–Kier alpha value is -4.26. The number of esters is 1. The molecule has 1 aromatic heterocycles. The third-order valence-electron chi connectivity index (χ3n) is 5.65. The molecule has 1 amide bonds. The Labute approximate surface area is 241 Å². The van der Waals surface area contributed by atoms with Gasteiger partial charge in [0.15, 0.2) is 0 Å². The topological polar surface area (TPSA) is 159 Å². The number of nitrogens with two attached hydrogens (primary N) is 1. The zero-order chi connectivity index (χ0) is 29.9. The van der Waals surface area contributed by atoms with E-state index >= 15 is 0 Å². The number of amides is 1. The number of anilines is 1. The minimum absolute atomic E-state index is 0.0290. The number of halogens is 1. The molecular formula is C28H27ClN2O9S. The van der Waals surface area contributed by atoms with Crippen molar-refractivity contribution in [3.05, 3.63) is 71.2 Å². The molecule has 41 heavy (non-hydrogen) atoms. The predicted octanol–water partition coefficient (Wildman–Crippen LogP) is 5.33. The lowest BCUT2D eigenvalue weighted by Gasteiger charge is -2.25. The number of rotatable bonds is 10. The number of sulfonamides is 1. The highest BCUT2D eigenvalue weighted by Crippen LogP contribution is 2.42. The highest BCUT2D eigenvalue weighted by atomic mass is 35.5. The van der Waals surface area contributed by atoms with Crippen LogP contribution in [0.25, 0.3) is 22.3 Å². The highest BCUT2D eigenvalue weighted by Gasteiger charge is 2.29. The summed E-state index contributed by atoms with van der Waals surface area (Å²) in [5.74, 6) is 0.0294. The van der Waals surface area contributed by atoms with Gasteiger partial charge in [0.05, 0.1) is 31.2 Å². The lowest BCUT2D eigenvalue weighted by molar-refractivity contribution is 0.0640. The molecule has 0 bridgehead atoms. The fraction of sp³-hybridized carbons (Fsp3) is 0.214. The van der Waals surface area contributed by atoms with Gasteiger partial charge in [-0.1, -0.05) is 17.7 Å². The van der Waals surface area contributed by atoms with Crippen LogP contribution in [-0.2, 0) is 14.8 Å². The van der Waals surface area contributed by atoms with Gasteiger partial charge in [-0.05, 0) is 62.4 Å². The molecule has 0 saturated carbocycles. The van der Waals surface area contributed by atoms with Gasteiger partial charge in [0.25, 0.3) is 0 Å². The van der Waals surface area contributed by atoms with Gasteiger partial charge in [-0.15, -0.1) is 0 Å². The second-order valence-corrected chi connectivity index (χ2v) is 11.5. The van der Waals surface area contributed by atoms with Crippen molar-refractivity contribution in [3.8, 4) is 28.6 Å². The van der Waals surface area contributed by atoms with Crippen LogP contribution in [0.4, 0.5) is 10.5 Å². The highest BCUT2D eigenvalue weighted by molar-refractivity contribution is 7.92. The van der Waals surface area contributed by atoms with Crippen LogP contribution in [0.1, 0.15) is 24.2 Å². The Bertz CT molecular complexity index is 1700. The molecular weight excluding hydrogens is 576 g/mol. The van der Waals surface area contributed by atoms with E-state index in [1.807, 2.05) is 0 Å². The molecule has 0 saturated heterocycles. The summed E-state index contributed by atoms with van der Waals surface area (Å²) in [5.41, 5.74) is 5.58. The molecule has 216 valence electrons. The first-order valence-corrected chi connectivity index (χ1v) is 14.5. The maximum atomic E-state index is 13.1. The Morgan fingerprint density at radius 2 is 1.78 bits per heavy atom. The number of furan rings is 1. The van der Waals surface area contributed by atoms with Crippen LogP contribution < -0.4 is 19.5 Å². The number of carbonyl (C=O) groups is 2. The van der Waals surface area contributed by atoms with Crippen LogP contribution in [0.5, 0.6) is 17.2 Å². The smallest absolute Gasteiger partial charge is 0.412 e. The minimum atomic E-state index is -3.85. The zero-order valence-electron chi connectivity index (χ0n) is 22.3. The number of fused-ring (bicyclic) bond motifs is 1. The number of aliphatic hydroxyl groups is 1. The molecule has 11 nitrogen and oxygen atoms in total. The zero-order valence-corrected chi connectivity index (χ0v) is 23.9. The van der Waals surface area contributed by atoms with Gasteiger partial charge in [-0.3, -0.25) is 4.31 Å². The summed E-state index contributed by atoms with van der Waals surface area (Å²) < 4.78 is 48.6. The lowest BCUT2D eigenvalue weighted by atomic mass is 10.0. The molecule has 0 spiro atoms. The number of benzene rings is 3. The van der Waals surface area contributed by atoms with E-state index in [4.69, 9.17) is 36.0 Å². The van der Waals surface area contributed by atoms with E-state index in [0.29, 0.717) is 22.1 Å². The molecule has 13 heteroatoms. The van der Waals surface area contributed by atoms with E-state index in [0.717, 1.165) is 10.6 Å². The van der Waals surface area contributed by atoms with Gasteiger partial charge in [-0.2, -0.15) is 0 Å². The fourth-order valence-electron chi connectivity index (χ4n) is 4.10. The summed E-state index contributed by atoms with van der Waals surface area (Å²) >= 11 is 6.02. The predicted molar refractivity (Wildman–Crippen MR) is 153 cm³/mol. The van der Waals surface area contributed by atoms with Crippen LogP contribution in [0.2, 0.25) is 5.02 Å². The van der Waals surface area contributed by atoms with E-state index in [9.17, 15) is 23.1 Å². The largest absolute Gasteiger partial charge is 0.489 e. The van der Waals surface area contributed by atoms with E-state index in [1.54, 1.807) is 62.4 Å². The number of hydrogen-bond acceptors (Lipinski definition) is 9. The number of nitrogens with zero attached hydrogens (tertiary/aromatic N) is 1. The number of aliphatic hydroxyl groups excluding tert-OH is 1. The average Bonchev–Trinajstić information content (AvgIpc) is 3.24. The monoisotopic (exact) mass is 602 g/mol. The van der Waals surface area contributed by atoms with Crippen LogP contribution in [0.3, 0.4) is 0 Å². The van der Waals surface area contributed by atoms with E-state index < -0.39 is 28.7 Å². The molecule has 0 aliphatic rings.